The number of carbonyl (C=O) groups is 1. The predicted octanol–water partition coefficient (Wildman–Crippen LogP) is 3.66. The Morgan fingerprint density at radius 1 is 1.32 bits per heavy atom. The van der Waals surface area contributed by atoms with Crippen molar-refractivity contribution >= 4 is 21.9 Å². The second kappa shape index (κ2) is 5.57. The molecule has 1 heterocycles. The van der Waals surface area contributed by atoms with Gasteiger partial charge in [0.2, 0.25) is 0 Å². The molecule has 1 aromatic carbocycles. The van der Waals surface area contributed by atoms with Crippen molar-refractivity contribution in [3.63, 3.8) is 0 Å². The van der Waals surface area contributed by atoms with E-state index in [2.05, 4.69) is 25.9 Å². The number of aliphatic carboxylic acids is 1. The highest BCUT2D eigenvalue weighted by Gasteiger charge is 2.26. The fourth-order valence-corrected chi connectivity index (χ4v) is 2.25. The smallest absolute Gasteiger partial charge is 0.314 e. The van der Waals surface area contributed by atoms with Gasteiger partial charge in [0.25, 0.3) is 0 Å². The molecule has 0 bridgehead atoms. The molecule has 19 heavy (non-hydrogen) atoms. The zero-order valence-electron chi connectivity index (χ0n) is 10.7. The molecule has 2 rings (SSSR count). The van der Waals surface area contributed by atoms with Crippen LogP contribution in [-0.2, 0) is 4.79 Å². The van der Waals surface area contributed by atoms with Crippen LogP contribution in [0.2, 0.25) is 0 Å². The van der Waals surface area contributed by atoms with E-state index in [0.29, 0.717) is 5.82 Å². The molecule has 100 valence electrons. The van der Waals surface area contributed by atoms with E-state index >= 15 is 0 Å². The Kier molecular flexibility index (Phi) is 4.04. The molecule has 5 heteroatoms. The molecule has 2 N–H and O–H groups in total. The van der Waals surface area contributed by atoms with Gasteiger partial charge in [0, 0.05) is 4.47 Å². The molecule has 0 saturated carbocycles. The van der Waals surface area contributed by atoms with E-state index in [0.717, 1.165) is 15.7 Å². The summed E-state index contributed by atoms with van der Waals surface area (Å²) in [6.07, 6.45) is 1.68. The molecule has 1 atom stereocenters. The van der Waals surface area contributed by atoms with Crippen LogP contribution in [0, 0.1) is 5.92 Å². The maximum Gasteiger partial charge on any atom is 0.314 e. The zero-order valence-corrected chi connectivity index (χ0v) is 12.3. The van der Waals surface area contributed by atoms with Crippen LogP contribution in [0.4, 0.5) is 0 Å². The third-order valence-electron chi connectivity index (χ3n) is 2.98. The first-order chi connectivity index (χ1) is 8.99. The summed E-state index contributed by atoms with van der Waals surface area (Å²) >= 11 is 3.38. The topological polar surface area (TPSA) is 66.0 Å². The van der Waals surface area contributed by atoms with Gasteiger partial charge >= 0.3 is 5.97 Å². The van der Waals surface area contributed by atoms with E-state index in [9.17, 15) is 9.90 Å². The van der Waals surface area contributed by atoms with Crippen LogP contribution in [-0.4, -0.2) is 21.0 Å². The molecule has 0 fully saturated rings. The zero-order chi connectivity index (χ0) is 14.0. The summed E-state index contributed by atoms with van der Waals surface area (Å²) in [4.78, 5) is 18.6. The van der Waals surface area contributed by atoms with Crippen molar-refractivity contribution in [2.75, 3.05) is 0 Å². The average Bonchev–Trinajstić information content (AvgIpc) is 2.78. The number of aromatic nitrogens is 2. The first kappa shape index (κ1) is 13.8. The third kappa shape index (κ3) is 3.04. The van der Waals surface area contributed by atoms with Crippen molar-refractivity contribution in [1.29, 1.82) is 0 Å². The Labute approximate surface area is 120 Å². The Hall–Kier alpha value is -1.62. The lowest BCUT2D eigenvalue weighted by atomic mass is 9.95. The first-order valence-electron chi connectivity index (χ1n) is 6.02. The number of hydrogen-bond donors (Lipinski definition) is 2. The van der Waals surface area contributed by atoms with Crippen molar-refractivity contribution in [2.24, 2.45) is 5.92 Å². The van der Waals surface area contributed by atoms with E-state index < -0.39 is 11.9 Å². The monoisotopic (exact) mass is 322 g/mol. The van der Waals surface area contributed by atoms with Crippen LogP contribution in [0.15, 0.2) is 34.9 Å². The third-order valence-corrected chi connectivity index (χ3v) is 3.51. The van der Waals surface area contributed by atoms with Gasteiger partial charge in [0.05, 0.1) is 11.9 Å². The summed E-state index contributed by atoms with van der Waals surface area (Å²) in [5.41, 5.74) is 1.81. The highest BCUT2D eigenvalue weighted by molar-refractivity contribution is 9.10. The minimum atomic E-state index is -0.855. The fraction of sp³-hybridized carbons (Fsp3) is 0.286. The molecule has 0 saturated heterocycles. The lowest BCUT2D eigenvalue weighted by molar-refractivity contribution is -0.140. The van der Waals surface area contributed by atoms with Gasteiger partial charge in [0.1, 0.15) is 11.7 Å². The van der Waals surface area contributed by atoms with Crippen molar-refractivity contribution in [3.8, 4) is 11.3 Å². The number of nitrogens with one attached hydrogen (secondary N) is 1. The average molecular weight is 323 g/mol. The molecule has 0 aliphatic rings. The maximum atomic E-state index is 11.3. The number of hydrogen-bond acceptors (Lipinski definition) is 2. The number of imidazole rings is 1. The number of nitrogens with zero attached hydrogens (tertiary/aromatic N) is 1. The Morgan fingerprint density at radius 3 is 2.47 bits per heavy atom. The number of carboxylic acids is 1. The number of H-pyrrole nitrogens is 1. The number of benzene rings is 1. The van der Waals surface area contributed by atoms with Gasteiger partial charge in [-0.3, -0.25) is 4.79 Å². The molecule has 0 aliphatic heterocycles. The molecule has 1 unspecified atom stereocenters. The quantitative estimate of drug-likeness (QED) is 0.902. The summed E-state index contributed by atoms with van der Waals surface area (Å²) < 4.78 is 1.00. The van der Waals surface area contributed by atoms with E-state index in [-0.39, 0.29) is 5.92 Å². The molecule has 0 amide bonds. The molecular weight excluding hydrogens is 308 g/mol. The highest BCUT2D eigenvalue weighted by atomic mass is 79.9. The minimum Gasteiger partial charge on any atom is -0.481 e. The lowest BCUT2D eigenvalue weighted by Crippen LogP contribution is -2.18. The summed E-state index contributed by atoms with van der Waals surface area (Å²) in [6.45, 7) is 3.75. The molecular formula is C14H15BrN2O2. The van der Waals surface area contributed by atoms with Crippen molar-refractivity contribution < 1.29 is 9.90 Å². The number of aromatic amines is 1. The van der Waals surface area contributed by atoms with E-state index in [1.165, 1.54) is 0 Å². The Morgan fingerprint density at radius 2 is 1.95 bits per heavy atom. The van der Waals surface area contributed by atoms with Gasteiger partial charge in [-0.2, -0.15) is 0 Å². The van der Waals surface area contributed by atoms with Crippen molar-refractivity contribution in [2.45, 2.75) is 19.8 Å². The number of halogens is 1. The second-order valence-corrected chi connectivity index (χ2v) is 5.66. The van der Waals surface area contributed by atoms with Gasteiger partial charge in [-0.05, 0) is 23.6 Å². The van der Waals surface area contributed by atoms with E-state index in [1.807, 2.05) is 38.1 Å². The summed E-state index contributed by atoms with van der Waals surface area (Å²) in [5, 5.41) is 9.25. The summed E-state index contributed by atoms with van der Waals surface area (Å²) in [5.74, 6) is -0.974. The molecule has 0 radical (unpaired) electrons. The molecule has 1 aromatic heterocycles. The van der Waals surface area contributed by atoms with Gasteiger partial charge < -0.3 is 10.1 Å². The SMILES string of the molecule is CC(C)C(C(=O)O)c1ncc(-c2ccc(Br)cc2)[nH]1. The van der Waals surface area contributed by atoms with Crippen molar-refractivity contribution in [1.82, 2.24) is 9.97 Å². The largest absolute Gasteiger partial charge is 0.481 e. The van der Waals surface area contributed by atoms with Crippen LogP contribution in [0.25, 0.3) is 11.3 Å². The molecule has 0 aliphatic carbocycles. The Bertz CT molecular complexity index is 575. The van der Waals surface area contributed by atoms with Gasteiger partial charge in [0.15, 0.2) is 0 Å². The van der Waals surface area contributed by atoms with Crippen LogP contribution in [0.5, 0.6) is 0 Å². The van der Waals surface area contributed by atoms with Gasteiger partial charge in [-0.25, -0.2) is 4.98 Å². The summed E-state index contributed by atoms with van der Waals surface area (Å²) in [7, 11) is 0. The Balaban J connectivity index is 2.32. The normalized spacial score (nSPS) is 12.6. The van der Waals surface area contributed by atoms with Gasteiger partial charge in [-0.1, -0.05) is 41.9 Å². The number of carboxylic acid groups (broad SMARTS) is 1. The lowest BCUT2D eigenvalue weighted by Gasteiger charge is -2.13. The highest BCUT2D eigenvalue weighted by Crippen LogP contribution is 2.26. The van der Waals surface area contributed by atoms with E-state index in [1.54, 1.807) is 6.20 Å². The second-order valence-electron chi connectivity index (χ2n) is 4.75. The summed E-state index contributed by atoms with van der Waals surface area (Å²) in [6, 6.07) is 7.78. The molecule has 4 nitrogen and oxygen atoms in total. The maximum absolute atomic E-state index is 11.3. The van der Waals surface area contributed by atoms with Crippen LogP contribution in [0.1, 0.15) is 25.6 Å². The van der Waals surface area contributed by atoms with Gasteiger partial charge in [-0.15, -0.1) is 0 Å². The minimum absolute atomic E-state index is 0.0126. The molecule has 0 spiro atoms. The van der Waals surface area contributed by atoms with E-state index in [4.69, 9.17) is 0 Å². The predicted molar refractivity (Wildman–Crippen MR) is 76.9 cm³/mol. The molecule has 2 aromatic rings. The van der Waals surface area contributed by atoms with Crippen LogP contribution >= 0.6 is 15.9 Å². The van der Waals surface area contributed by atoms with Crippen LogP contribution < -0.4 is 0 Å². The van der Waals surface area contributed by atoms with Crippen molar-refractivity contribution in [3.05, 3.63) is 40.8 Å². The van der Waals surface area contributed by atoms with Crippen LogP contribution in [0.3, 0.4) is 0 Å². The fourth-order valence-electron chi connectivity index (χ4n) is 1.99. The number of rotatable bonds is 4. The first-order valence-corrected chi connectivity index (χ1v) is 6.82. The standard InChI is InChI=1S/C14H15BrN2O2/c1-8(2)12(14(18)19)13-16-7-11(17-13)9-3-5-10(15)6-4-9/h3-8,12H,1-2H3,(H,16,17)(H,18,19).